The van der Waals surface area contributed by atoms with E-state index in [4.69, 9.17) is 9.47 Å². The van der Waals surface area contributed by atoms with Gasteiger partial charge in [0, 0.05) is 26.7 Å². The first-order valence-electron chi connectivity index (χ1n) is 12.3. The Morgan fingerprint density at radius 3 is 2.33 bits per heavy atom. The number of aldehydes is 1. The minimum absolute atomic E-state index is 0.0527. The summed E-state index contributed by atoms with van der Waals surface area (Å²) in [6.07, 6.45) is -0.687. The summed E-state index contributed by atoms with van der Waals surface area (Å²) < 4.78 is 11.1. The van der Waals surface area contributed by atoms with Crippen LogP contribution in [0.4, 0.5) is 0 Å². The standard InChI is InChI=1S/C26H31N3O11/c1-27-22(31)21(25(35,36)24(33,34)15-30)29-23(32)18-3-2-4-19(20(18)26(29,37)38)40-14-17-7-5-16(6-8-17)13-28-9-11-39-12-10-28/h2-8,15,21,33-38H,9-14H2,1H3,(H,27,31). The van der Waals surface area contributed by atoms with E-state index in [0.717, 1.165) is 37.8 Å². The quantitative estimate of drug-likeness (QED) is 0.117. The number of nitrogens with one attached hydrogen (secondary N) is 1. The van der Waals surface area contributed by atoms with Crippen molar-refractivity contribution in [3.63, 3.8) is 0 Å². The van der Waals surface area contributed by atoms with Crippen LogP contribution in [-0.2, 0) is 33.4 Å². The van der Waals surface area contributed by atoms with Gasteiger partial charge in [0.15, 0.2) is 12.3 Å². The number of carbonyl (C=O) groups is 3. The van der Waals surface area contributed by atoms with Crippen molar-refractivity contribution < 1.29 is 54.5 Å². The van der Waals surface area contributed by atoms with Crippen molar-refractivity contribution in [2.24, 2.45) is 0 Å². The lowest BCUT2D eigenvalue weighted by molar-refractivity contribution is -0.365. The SMILES string of the molecule is CNC(=O)C(N1C(=O)c2cccc(OCc3ccc(CN4CCOCC4)cc3)c2C1(O)O)C(O)(O)C(O)(O)C=O. The number of benzene rings is 2. The highest BCUT2D eigenvalue weighted by molar-refractivity contribution is 6.03. The average molecular weight is 562 g/mol. The fourth-order valence-electron chi connectivity index (χ4n) is 4.69. The highest BCUT2D eigenvalue weighted by Gasteiger charge is 2.65. The second kappa shape index (κ2) is 11.2. The molecule has 0 bridgehead atoms. The summed E-state index contributed by atoms with van der Waals surface area (Å²) >= 11 is 0. The molecule has 2 aliphatic heterocycles. The number of likely N-dealkylation sites (N-methyl/N-ethyl adjacent to an activating group) is 1. The Kier molecular flexibility index (Phi) is 8.26. The Labute approximate surface area is 228 Å². The molecule has 1 fully saturated rings. The fraction of sp³-hybridized carbons (Fsp3) is 0.423. The molecule has 40 heavy (non-hydrogen) atoms. The Bertz CT molecular complexity index is 1260. The molecule has 1 unspecified atom stereocenters. The van der Waals surface area contributed by atoms with E-state index in [1.165, 1.54) is 18.2 Å². The van der Waals surface area contributed by atoms with E-state index in [0.29, 0.717) is 13.2 Å². The molecule has 0 aromatic heterocycles. The maximum atomic E-state index is 13.2. The highest BCUT2D eigenvalue weighted by Crippen LogP contribution is 2.44. The molecule has 0 aliphatic carbocycles. The number of rotatable bonds is 10. The van der Waals surface area contributed by atoms with Gasteiger partial charge in [0.2, 0.25) is 5.91 Å². The number of hydrogen-bond acceptors (Lipinski definition) is 12. The van der Waals surface area contributed by atoms with Crippen LogP contribution in [0.2, 0.25) is 0 Å². The molecule has 0 radical (unpaired) electrons. The Morgan fingerprint density at radius 2 is 1.73 bits per heavy atom. The third-order valence-corrected chi connectivity index (χ3v) is 6.91. The second-order valence-electron chi connectivity index (χ2n) is 9.57. The number of fused-ring (bicyclic) bond motifs is 1. The molecular formula is C26H31N3O11. The van der Waals surface area contributed by atoms with Gasteiger partial charge < -0.3 is 45.4 Å². The second-order valence-corrected chi connectivity index (χ2v) is 9.57. The normalized spacial score (nSPS) is 18.3. The van der Waals surface area contributed by atoms with E-state index in [2.05, 4.69) is 4.90 Å². The number of morpholine rings is 1. The third kappa shape index (κ3) is 5.31. The topological polar surface area (TPSA) is 210 Å². The van der Waals surface area contributed by atoms with Crippen LogP contribution in [0.1, 0.15) is 27.0 Å². The molecule has 2 amide bonds. The fourth-order valence-corrected chi connectivity index (χ4v) is 4.69. The van der Waals surface area contributed by atoms with E-state index in [9.17, 15) is 45.0 Å². The van der Waals surface area contributed by atoms with Crippen molar-refractivity contribution in [1.29, 1.82) is 0 Å². The summed E-state index contributed by atoms with van der Waals surface area (Å²) in [6, 6.07) is 8.61. The average Bonchev–Trinajstić information content (AvgIpc) is 3.14. The van der Waals surface area contributed by atoms with Crippen molar-refractivity contribution in [1.82, 2.24) is 15.1 Å². The van der Waals surface area contributed by atoms with E-state index >= 15 is 0 Å². The molecule has 2 heterocycles. The van der Waals surface area contributed by atoms with Gasteiger partial charge in [-0.15, -0.1) is 0 Å². The largest absolute Gasteiger partial charge is 0.488 e. The lowest BCUT2D eigenvalue weighted by Gasteiger charge is -2.43. The molecule has 1 saturated heterocycles. The number of hydrogen-bond donors (Lipinski definition) is 7. The summed E-state index contributed by atoms with van der Waals surface area (Å²) in [5.74, 6) is -14.4. The van der Waals surface area contributed by atoms with Crippen LogP contribution >= 0.6 is 0 Å². The molecule has 2 aromatic carbocycles. The molecule has 2 aromatic rings. The highest BCUT2D eigenvalue weighted by atomic mass is 16.6. The zero-order valence-corrected chi connectivity index (χ0v) is 21.6. The number of aliphatic hydroxyl groups is 6. The number of carbonyl (C=O) groups excluding carboxylic acids is 3. The van der Waals surface area contributed by atoms with Crippen LogP contribution in [0, 0.1) is 0 Å². The van der Waals surface area contributed by atoms with E-state index < -0.39 is 47.2 Å². The van der Waals surface area contributed by atoms with Crippen LogP contribution < -0.4 is 10.1 Å². The van der Waals surface area contributed by atoms with Crippen LogP contribution in [0.15, 0.2) is 42.5 Å². The number of ether oxygens (including phenoxy) is 2. The van der Waals surface area contributed by atoms with Crippen LogP contribution in [0.5, 0.6) is 5.75 Å². The first-order valence-corrected chi connectivity index (χ1v) is 12.3. The predicted octanol–water partition coefficient (Wildman–Crippen LogP) is -2.68. The zero-order chi connectivity index (χ0) is 29.3. The summed E-state index contributed by atoms with van der Waals surface area (Å²) in [6.45, 7) is 3.75. The summed E-state index contributed by atoms with van der Waals surface area (Å²) in [7, 11) is 1.01. The summed E-state index contributed by atoms with van der Waals surface area (Å²) in [4.78, 5) is 39.2. The molecular weight excluding hydrogens is 530 g/mol. The van der Waals surface area contributed by atoms with Crippen molar-refractivity contribution in [2.75, 3.05) is 33.4 Å². The summed E-state index contributed by atoms with van der Waals surface area (Å²) in [5.41, 5.74) is 0.894. The molecule has 7 N–H and O–H groups in total. The van der Waals surface area contributed by atoms with Gasteiger partial charge in [-0.25, -0.2) is 0 Å². The zero-order valence-electron chi connectivity index (χ0n) is 21.6. The van der Waals surface area contributed by atoms with Gasteiger partial charge in [-0.3, -0.25) is 24.2 Å². The Balaban J connectivity index is 1.59. The molecule has 1 atom stereocenters. The Hall–Kier alpha value is -3.47. The van der Waals surface area contributed by atoms with Gasteiger partial charge in [-0.1, -0.05) is 30.3 Å². The lowest BCUT2D eigenvalue weighted by atomic mass is 9.95. The minimum atomic E-state index is -4.08. The lowest BCUT2D eigenvalue weighted by Crippen LogP contribution is -2.73. The van der Waals surface area contributed by atoms with E-state index in [1.54, 1.807) is 0 Å². The molecule has 216 valence electrons. The molecule has 0 saturated carbocycles. The van der Waals surface area contributed by atoms with Crippen molar-refractivity contribution >= 4 is 18.1 Å². The Morgan fingerprint density at radius 1 is 1.10 bits per heavy atom. The van der Waals surface area contributed by atoms with Gasteiger partial charge in [0.05, 0.1) is 24.3 Å². The molecule has 4 rings (SSSR count). The molecule has 0 spiro atoms. The van der Waals surface area contributed by atoms with Gasteiger partial charge in [-0.2, -0.15) is 0 Å². The maximum Gasteiger partial charge on any atom is 0.283 e. The third-order valence-electron chi connectivity index (χ3n) is 6.91. The van der Waals surface area contributed by atoms with Crippen molar-refractivity contribution in [3.8, 4) is 5.75 Å². The minimum Gasteiger partial charge on any atom is -0.488 e. The predicted molar refractivity (Wildman–Crippen MR) is 134 cm³/mol. The van der Waals surface area contributed by atoms with Gasteiger partial charge in [-0.05, 0) is 23.3 Å². The first kappa shape index (κ1) is 29.5. The first-order chi connectivity index (χ1) is 18.8. The van der Waals surface area contributed by atoms with E-state index in [1.807, 2.05) is 29.6 Å². The molecule has 14 heteroatoms. The molecule has 2 aliphatic rings. The van der Waals surface area contributed by atoms with Crippen LogP contribution in [-0.4, -0.2) is 110 Å². The van der Waals surface area contributed by atoms with E-state index in [-0.39, 0.29) is 22.8 Å². The summed E-state index contributed by atoms with van der Waals surface area (Å²) in [5, 5.41) is 64.7. The smallest absolute Gasteiger partial charge is 0.283 e. The van der Waals surface area contributed by atoms with Gasteiger partial charge in [0.1, 0.15) is 12.4 Å². The monoisotopic (exact) mass is 561 g/mol. The van der Waals surface area contributed by atoms with Crippen LogP contribution in [0.25, 0.3) is 0 Å². The van der Waals surface area contributed by atoms with Crippen molar-refractivity contribution in [3.05, 3.63) is 64.7 Å². The van der Waals surface area contributed by atoms with Crippen molar-refractivity contribution in [2.45, 2.75) is 36.7 Å². The van der Waals surface area contributed by atoms with Gasteiger partial charge in [0.25, 0.3) is 23.4 Å². The van der Waals surface area contributed by atoms with Gasteiger partial charge >= 0.3 is 0 Å². The van der Waals surface area contributed by atoms with Crippen LogP contribution in [0.3, 0.4) is 0 Å². The number of amides is 2. The maximum absolute atomic E-state index is 13.2. The number of nitrogens with zero attached hydrogens (tertiary/aromatic N) is 2. The molecule has 14 nitrogen and oxygen atoms in total.